The molecule has 172 valence electrons. The molecule has 4 rings (SSSR count). The monoisotopic (exact) mass is 448 g/mol. The zero-order valence-corrected chi connectivity index (χ0v) is 19.5. The first-order chi connectivity index (χ1) is 15.9. The number of halogens is 1. The molecule has 2 heterocycles. The van der Waals surface area contributed by atoms with Crippen LogP contribution in [0.3, 0.4) is 0 Å². The number of para-hydroxylation sites is 1. The van der Waals surface area contributed by atoms with Crippen molar-refractivity contribution in [3.05, 3.63) is 71.3 Å². The van der Waals surface area contributed by atoms with Crippen LogP contribution in [0.25, 0.3) is 11.1 Å². The number of aromatic nitrogens is 2. The van der Waals surface area contributed by atoms with Gasteiger partial charge in [-0.25, -0.2) is 14.4 Å². The molecule has 2 aromatic carbocycles. The number of benzene rings is 2. The van der Waals surface area contributed by atoms with Gasteiger partial charge in [0.1, 0.15) is 11.6 Å². The molecule has 3 aromatic rings. The van der Waals surface area contributed by atoms with Gasteiger partial charge >= 0.3 is 0 Å². The Bertz CT molecular complexity index is 1150. The van der Waals surface area contributed by atoms with Crippen LogP contribution in [0.4, 0.5) is 10.3 Å². The lowest BCUT2D eigenvalue weighted by molar-refractivity contribution is 0.0702. The Labute approximate surface area is 194 Å². The van der Waals surface area contributed by atoms with E-state index in [0.717, 1.165) is 35.2 Å². The van der Waals surface area contributed by atoms with Crippen molar-refractivity contribution in [3.8, 4) is 16.9 Å². The molecule has 1 aliphatic rings. The van der Waals surface area contributed by atoms with E-state index >= 15 is 0 Å². The number of ether oxygens (including phenoxy) is 1. The summed E-state index contributed by atoms with van der Waals surface area (Å²) in [5.41, 5.74) is 4.12. The highest BCUT2D eigenvalue weighted by molar-refractivity contribution is 5.97. The van der Waals surface area contributed by atoms with Crippen LogP contribution in [0.15, 0.2) is 48.7 Å². The average Bonchev–Trinajstić information content (AvgIpc) is 2.83. The third-order valence-corrected chi connectivity index (χ3v) is 6.10. The minimum Gasteiger partial charge on any atom is -0.496 e. The molecule has 0 N–H and O–H groups in total. The molecule has 1 atom stereocenters. The van der Waals surface area contributed by atoms with Gasteiger partial charge in [-0.15, -0.1) is 0 Å². The van der Waals surface area contributed by atoms with E-state index in [-0.39, 0.29) is 17.6 Å². The van der Waals surface area contributed by atoms with Crippen LogP contribution in [-0.2, 0) is 0 Å². The molecule has 7 heteroatoms. The Hall–Kier alpha value is -3.48. The minimum absolute atomic E-state index is 0.0366. The number of amides is 1. The largest absolute Gasteiger partial charge is 0.496 e. The third kappa shape index (κ3) is 4.67. The number of anilines is 1. The number of methoxy groups -OCH3 is 1. The van der Waals surface area contributed by atoms with Gasteiger partial charge < -0.3 is 14.5 Å². The summed E-state index contributed by atoms with van der Waals surface area (Å²) >= 11 is 0. The third-order valence-electron chi connectivity index (χ3n) is 6.10. The Kier molecular flexibility index (Phi) is 6.58. The van der Waals surface area contributed by atoms with Crippen molar-refractivity contribution in [2.75, 3.05) is 39.2 Å². The maximum absolute atomic E-state index is 13.5. The van der Waals surface area contributed by atoms with Crippen LogP contribution in [0.1, 0.15) is 40.4 Å². The van der Waals surface area contributed by atoms with Crippen LogP contribution in [-0.4, -0.2) is 55.1 Å². The number of carbonyl (C=O) groups is 1. The van der Waals surface area contributed by atoms with E-state index in [1.807, 2.05) is 49.0 Å². The van der Waals surface area contributed by atoms with Crippen LogP contribution in [0.2, 0.25) is 0 Å². The second-order valence-electron chi connectivity index (χ2n) is 8.62. The molecule has 1 aliphatic heterocycles. The summed E-state index contributed by atoms with van der Waals surface area (Å²) in [6.07, 6.45) is 3.58. The van der Waals surface area contributed by atoms with Crippen LogP contribution in [0.5, 0.6) is 5.75 Å². The molecule has 0 radical (unpaired) electrons. The topological polar surface area (TPSA) is 58.6 Å². The molecule has 6 nitrogen and oxygen atoms in total. The number of hydrogen-bond acceptors (Lipinski definition) is 5. The van der Waals surface area contributed by atoms with E-state index in [9.17, 15) is 9.18 Å². The molecule has 33 heavy (non-hydrogen) atoms. The second kappa shape index (κ2) is 9.57. The fraction of sp³-hybridized carbons (Fsp3) is 0.346. The van der Waals surface area contributed by atoms with Gasteiger partial charge in [0.05, 0.1) is 18.4 Å². The summed E-state index contributed by atoms with van der Waals surface area (Å²) in [5, 5.41) is 0. The van der Waals surface area contributed by atoms with E-state index in [1.165, 1.54) is 12.1 Å². The van der Waals surface area contributed by atoms with Gasteiger partial charge in [0, 0.05) is 44.9 Å². The lowest BCUT2D eigenvalue weighted by Crippen LogP contribution is -2.39. The second-order valence-corrected chi connectivity index (χ2v) is 8.62. The molecule has 1 saturated heterocycles. The summed E-state index contributed by atoms with van der Waals surface area (Å²) < 4.78 is 19.1. The number of nitrogens with zero attached hydrogens (tertiary/aromatic N) is 4. The summed E-state index contributed by atoms with van der Waals surface area (Å²) in [6, 6.07) is 12.0. The normalized spacial score (nSPS) is 15.9. The van der Waals surface area contributed by atoms with Crippen LogP contribution in [0, 0.1) is 12.7 Å². The molecule has 0 saturated carbocycles. The van der Waals surface area contributed by atoms with Gasteiger partial charge in [0.15, 0.2) is 0 Å². The average molecular weight is 449 g/mol. The Morgan fingerprint density at radius 3 is 2.64 bits per heavy atom. The lowest BCUT2D eigenvalue weighted by Gasteiger charge is -2.34. The maximum Gasteiger partial charge on any atom is 0.257 e. The van der Waals surface area contributed by atoms with Crippen molar-refractivity contribution in [2.45, 2.75) is 25.7 Å². The van der Waals surface area contributed by atoms with Crippen molar-refractivity contribution in [2.24, 2.45) is 0 Å². The summed E-state index contributed by atoms with van der Waals surface area (Å²) in [5.74, 6) is 0.951. The predicted octanol–water partition coefficient (Wildman–Crippen LogP) is 4.69. The number of carbonyl (C=O) groups excluding carboxylic acids is 1. The minimum atomic E-state index is -0.285. The Morgan fingerprint density at radius 2 is 1.94 bits per heavy atom. The lowest BCUT2D eigenvalue weighted by atomic mass is 9.89. The van der Waals surface area contributed by atoms with Gasteiger partial charge in [-0.3, -0.25) is 4.79 Å². The Balaban J connectivity index is 1.69. The number of rotatable bonds is 5. The van der Waals surface area contributed by atoms with Crippen molar-refractivity contribution >= 4 is 11.9 Å². The van der Waals surface area contributed by atoms with Gasteiger partial charge in [-0.1, -0.05) is 24.3 Å². The fourth-order valence-corrected chi connectivity index (χ4v) is 4.41. The number of hydrogen-bond donors (Lipinski definition) is 0. The summed E-state index contributed by atoms with van der Waals surface area (Å²) in [6.45, 7) is 3.17. The first-order valence-corrected chi connectivity index (χ1v) is 11.1. The van der Waals surface area contributed by atoms with Crippen molar-refractivity contribution in [1.29, 1.82) is 0 Å². The van der Waals surface area contributed by atoms with E-state index in [0.29, 0.717) is 30.4 Å². The zero-order valence-electron chi connectivity index (χ0n) is 19.5. The molecule has 1 amide bonds. The van der Waals surface area contributed by atoms with Gasteiger partial charge in [-0.2, -0.15) is 0 Å². The number of aryl methyl sites for hydroxylation is 1. The molecule has 1 aromatic heterocycles. The SMILES string of the molecule is COc1c(C)cccc1C(=O)N1CCC[C@@H](c2nc(N(C)C)ncc2-c2ccc(F)cc2)C1. The molecule has 0 spiro atoms. The van der Waals surface area contributed by atoms with E-state index in [2.05, 4.69) is 4.98 Å². The number of piperidine rings is 1. The summed E-state index contributed by atoms with van der Waals surface area (Å²) in [7, 11) is 5.39. The predicted molar refractivity (Wildman–Crippen MR) is 127 cm³/mol. The molecular weight excluding hydrogens is 419 g/mol. The Morgan fingerprint density at radius 1 is 1.18 bits per heavy atom. The highest BCUT2D eigenvalue weighted by atomic mass is 19.1. The smallest absolute Gasteiger partial charge is 0.257 e. The molecule has 0 unspecified atom stereocenters. The molecular formula is C26H29FN4O2. The molecule has 0 bridgehead atoms. The van der Waals surface area contributed by atoms with Gasteiger partial charge in [-0.05, 0) is 49.1 Å². The first kappa shape index (κ1) is 22.7. The number of likely N-dealkylation sites (tertiary alicyclic amines) is 1. The zero-order chi connectivity index (χ0) is 23.5. The standard InChI is InChI=1S/C26H29FN4O2/c1-17-7-5-9-21(24(17)33-4)25(32)31-14-6-8-19(16-31)23-22(15-28-26(29-23)30(2)3)18-10-12-20(27)13-11-18/h5,7,9-13,15,19H,6,8,14,16H2,1-4H3/t19-/m1/s1. The highest BCUT2D eigenvalue weighted by Crippen LogP contribution is 2.35. The van der Waals surface area contributed by atoms with Crippen molar-refractivity contribution in [1.82, 2.24) is 14.9 Å². The van der Waals surface area contributed by atoms with Crippen molar-refractivity contribution < 1.29 is 13.9 Å². The van der Waals surface area contributed by atoms with E-state index < -0.39 is 0 Å². The van der Waals surface area contributed by atoms with E-state index in [4.69, 9.17) is 9.72 Å². The van der Waals surface area contributed by atoms with Gasteiger partial charge in [0.2, 0.25) is 5.95 Å². The molecule has 0 aliphatic carbocycles. The van der Waals surface area contributed by atoms with E-state index in [1.54, 1.807) is 25.4 Å². The summed E-state index contributed by atoms with van der Waals surface area (Å²) in [4.78, 5) is 26.5. The van der Waals surface area contributed by atoms with Gasteiger partial charge in [0.25, 0.3) is 5.91 Å². The van der Waals surface area contributed by atoms with Crippen molar-refractivity contribution in [3.63, 3.8) is 0 Å². The highest BCUT2D eigenvalue weighted by Gasteiger charge is 2.30. The van der Waals surface area contributed by atoms with Crippen LogP contribution >= 0.6 is 0 Å². The fourth-order valence-electron chi connectivity index (χ4n) is 4.41. The molecule has 1 fully saturated rings. The van der Waals surface area contributed by atoms with Crippen LogP contribution < -0.4 is 9.64 Å². The quantitative estimate of drug-likeness (QED) is 0.567. The maximum atomic E-state index is 13.5. The first-order valence-electron chi connectivity index (χ1n) is 11.1.